The fraction of sp³-hybridized carbons (Fsp3) is 0.0857. The summed E-state index contributed by atoms with van der Waals surface area (Å²) in [6, 6.07) is 74.0. The van der Waals surface area contributed by atoms with Crippen molar-refractivity contribution in [3.63, 3.8) is 0 Å². The van der Waals surface area contributed by atoms with E-state index in [4.69, 9.17) is 0 Å². The largest absolute Gasteiger partial charge is 0.311 e. The molecule has 0 fully saturated rings. The van der Waals surface area contributed by atoms with E-state index in [1.165, 1.54) is 74.8 Å². The summed E-state index contributed by atoms with van der Waals surface area (Å²) in [5.74, 6) is 0. The molecule has 2 heterocycles. The Bertz CT molecular complexity index is 3930. The van der Waals surface area contributed by atoms with Crippen LogP contribution >= 0.6 is 23.5 Å². The standard InChI is InChI=1S/C70H57N3S2/c1-7-18-51(10-4)71(52(19-8-2)20-9-3)55-39-41-56(42-40-55)72(53-33-27-48(28-34-53)47-21-12-11-13-22-47)54-35-29-49(30-36-54)50-31-37-57(38-32-50)73-64-46-63-60(58-23-14-15-24-62(58)70(63,5)6)45-61(64)59-43-44-67-69(68(59)73)75-66-26-17-16-25-65(66)74-67/h7-46H,2H2,1,3-6H3/b18-7-,20-9-,51-10+,52-19+. The lowest BCUT2D eigenvalue weighted by Gasteiger charge is -2.29. The van der Waals surface area contributed by atoms with Crippen molar-refractivity contribution in [3.8, 4) is 39.1 Å². The Balaban J connectivity index is 0.932. The normalized spacial score (nSPS) is 13.8. The third-order valence-electron chi connectivity index (χ3n) is 14.8. The molecule has 364 valence electrons. The molecule has 5 heteroatoms. The van der Waals surface area contributed by atoms with Crippen LogP contribution in [-0.4, -0.2) is 4.57 Å². The highest BCUT2D eigenvalue weighted by atomic mass is 32.2. The topological polar surface area (TPSA) is 11.4 Å². The maximum atomic E-state index is 4.03. The van der Waals surface area contributed by atoms with E-state index < -0.39 is 0 Å². The Hall–Kier alpha value is -8.22. The highest BCUT2D eigenvalue weighted by Crippen LogP contribution is 2.55. The average molecular weight is 1000 g/mol. The molecular weight excluding hydrogens is 947 g/mol. The Morgan fingerprint density at radius 1 is 0.493 bits per heavy atom. The van der Waals surface area contributed by atoms with E-state index in [-0.39, 0.29) is 5.41 Å². The monoisotopic (exact) mass is 1000 g/mol. The lowest BCUT2D eigenvalue weighted by molar-refractivity contribution is 0.661. The van der Waals surface area contributed by atoms with Gasteiger partial charge < -0.3 is 14.4 Å². The SMILES string of the molecule is C=C/C=C(\C=C/C)N(C(/C=C\C)=C/C)c1ccc(N(c2ccc(-c3ccccc3)cc2)c2ccc(-c3ccc(-n4c5cc6c(cc5c5ccc7c(c54)Sc4ccccc4S7)-c4ccccc4C6(C)C)cc3)cc2)cc1. The van der Waals surface area contributed by atoms with Crippen molar-refractivity contribution in [2.75, 3.05) is 9.80 Å². The molecule has 0 amide bonds. The van der Waals surface area contributed by atoms with Gasteiger partial charge in [0.15, 0.2) is 0 Å². The molecule has 1 aromatic heterocycles. The zero-order chi connectivity index (χ0) is 51.2. The summed E-state index contributed by atoms with van der Waals surface area (Å²) in [6.45, 7) is 15.0. The van der Waals surface area contributed by atoms with Gasteiger partial charge in [-0.15, -0.1) is 0 Å². The molecule has 0 bridgehead atoms. The first kappa shape index (κ1) is 47.8. The molecule has 75 heavy (non-hydrogen) atoms. The second kappa shape index (κ2) is 19.9. The van der Waals surface area contributed by atoms with Gasteiger partial charge in [0.1, 0.15) is 0 Å². The van der Waals surface area contributed by atoms with Gasteiger partial charge in [0.05, 0.1) is 15.9 Å². The fourth-order valence-electron chi connectivity index (χ4n) is 11.2. The van der Waals surface area contributed by atoms with E-state index in [1.54, 1.807) is 0 Å². The highest BCUT2D eigenvalue weighted by Gasteiger charge is 2.36. The van der Waals surface area contributed by atoms with Gasteiger partial charge in [0.25, 0.3) is 0 Å². The number of hydrogen-bond donors (Lipinski definition) is 0. The number of aromatic nitrogens is 1. The minimum absolute atomic E-state index is 0.117. The highest BCUT2D eigenvalue weighted by molar-refractivity contribution is 8.05. The number of nitrogens with zero attached hydrogens (tertiary/aromatic N) is 3. The smallest absolute Gasteiger partial charge is 0.0692 e. The maximum Gasteiger partial charge on any atom is 0.0692 e. The van der Waals surface area contributed by atoms with Crippen LogP contribution in [0.1, 0.15) is 45.7 Å². The van der Waals surface area contributed by atoms with Crippen LogP contribution in [0.15, 0.2) is 280 Å². The van der Waals surface area contributed by atoms with E-state index in [0.29, 0.717) is 0 Å². The van der Waals surface area contributed by atoms with Crippen molar-refractivity contribution in [2.24, 2.45) is 0 Å². The second-order valence-corrected chi connectivity index (χ2v) is 21.7. The van der Waals surface area contributed by atoms with Crippen molar-refractivity contribution in [1.82, 2.24) is 4.57 Å². The molecule has 1 aliphatic heterocycles. The Kier molecular flexibility index (Phi) is 12.7. The molecule has 0 spiro atoms. The summed E-state index contributed by atoms with van der Waals surface area (Å²) in [5, 5.41) is 2.57. The van der Waals surface area contributed by atoms with Gasteiger partial charge in [-0.25, -0.2) is 0 Å². The van der Waals surface area contributed by atoms with Crippen LogP contribution in [0, 0.1) is 0 Å². The minimum atomic E-state index is -0.117. The molecule has 0 N–H and O–H groups in total. The van der Waals surface area contributed by atoms with E-state index in [0.717, 1.165) is 51.0 Å². The minimum Gasteiger partial charge on any atom is -0.311 e. The molecule has 0 saturated heterocycles. The van der Waals surface area contributed by atoms with Gasteiger partial charge in [-0.3, -0.25) is 0 Å². The number of anilines is 4. The van der Waals surface area contributed by atoms with Crippen LogP contribution in [0.3, 0.4) is 0 Å². The van der Waals surface area contributed by atoms with E-state index in [2.05, 4.69) is 285 Å². The van der Waals surface area contributed by atoms with E-state index >= 15 is 0 Å². The van der Waals surface area contributed by atoms with Crippen LogP contribution in [0.25, 0.3) is 60.9 Å². The number of allylic oxidation sites excluding steroid dienone is 7. The predicted octanol–water partition coefficient (Wildman–Crippen LogP) is 20.4. The number of fused-ring (bicyclic) bond motifs is 9. The average Bonchev–Trinajstić information content (AvgIpc) is 3.90. The summed E-state index contributed by atoms with van der Waals surface area (Å²) in [4.78, 5) is 9.85. The Morgan fingerprint density at radius 2 is 1.04 bits per heavy atom. The summed E-state index contributed by atoms with van der Waals surface area (Å²) in [5.41, 5.74) is 20.1. The zero-order valence-electron chi connectivity index (χ0n) is 43.0. The molecule has 1 aliphatic carbocycles. The van der Waals surface area contributed by atoms with E-state index in [9.17, 15) is 0 Å². The molecule has 0 saturated carbocycles. The first-order chi connectivity index (χ1) is 36.8. The second-order valence-electron chi connectivity index (χ2n) is 19.6. The first-order valence-corrected chi connectivity index (χ1v) is 27.4. The van der Waals surface area contributed by atoms with E-state index in [1.807, 2.05) is 36.5 Å². The summed E-state index contributed by atoms with van der Waals surface area (Å²) in [7, 11) is 0. The number of benzene rings is 9. The van der Waals surface area contributed by atoms with Crippen LogP contribution in [0.2, 0.25) is 0 Å². The quantitative estimate of drug-likeness (QED) is 0.113. The fourth-order valence-corrected chi connectivity index (χ4v) is 13.6. The van der Waals surface area contributed by atoms with Crippen LogP contribution in [0.4, 0.5) is 22.7 Å². The van der Waals surface area contributed by atoms with Crippen molar-refractivity contribution >= 4 is 68.1 Å². The predicted molar refractivity (Wildman–Crippen MR) is 323 cm³/mol. The Labute approximate surface area is 450 Å². The number of rotatable bonds is 12. The molecule has 2 aliphatic rings. The van der Waals surface area contributed by atoms with Crippen LogP contribution in [0.5, 0.6) is 0 Å². The van der Waals surface area contributed by atoms with Crippen molar-refractivity contribution in [1.29, 1.82) is 0 Å². The van der Waals surface area contributed by atoms with Crippen molar-refractivity contribution in [3.05, 3.63) is 272 Å². The zero-order valence-corrected chi connectivity index (χ0v) is 44.6. The molecular formula is C70H57N3S2. The van der Waals surface area contributed by atoms with Gasteiger partial charge in [-0.2, -0.15) is 0 Å². The Morgan fingerprint density at radius 3 is 1.67 bits per heavy atom. The van der Waals surface area contributed by atoms with Gasteiger partial charge in [0.2, 0.25) is 0 Å². The van der Waals surface area contributed by atoms with Gasteiger partial charge in [0, 0.05) is 70.7 Å². The first-order valence-electron chi connectivity index (χ1n) is 25.8. The van der Waals surface area contributed by atoms with Gasteiger partial charge in [-0.1, -0.05) is 177 Å². The molecule has 10 aromatic rings. The molecule has 0 radical (unpaired) electrons. The van der Waals surface area contributed by atoms with Crippen molar-refractivity contribution in [2.45, 2.75) is 59.6 Å². The number of hydrogen-bond acceptors (Lipinski definition) is 4. The molecule has 0 atom stereocenters. The molecule has 12 rings (SSSR count). The van der Waals surface area contributed by atoms with Crippen LogP contribution in [-0.2, 0) is 5.41 Å². The summed E-state index contributed by atoms with van der Waals surface area (Å²) < 4.78 is 2.54. The third-order valence-corrected chi connectivity index (χ3v) is 17.4. The third kappa shape index (κ3) is 8.47. The molecule has 0 unspecified atom stereocenters. The lowest BCUT2D eigenvalue weighted by atomic mass is 9.82. The molecule has 9 aromatic carbocycles. The van der Waals surface area contributed by atoms with Gasteiger partial charge >= 0.3 is 0 Å². The van der Waals surface area contributed by atoms with Crippen molar-refractivity contribution < 1.29 is 0 Å². The summed E-state index contributed by atoms with van der Waals surface area (Å²) in [6.07, 6.45) is 14.5. The lowest BCUT2D eigenvalue weighted by Crippen LogP contribution is -2.20. The van der Waals surface area contributed by atoms with Gasteiger partial charge in [-0.05, 0) is 175 Å². The maximum absolute atomic E-state index is 4.03. The summed E-state index contributed by atoms with van der Waals surface area (Å²) >= 11 is 3.78. The molecule has 3 nitrogen and oxygen atoms in total. The van der Waals surface area contributed by atoms with Crippen LogP contribution < -0.4 is 9.80 Å².